The second kappa shape index (κ2) is 9.88. The van der Waals surface area contributed by atoms with Gasteiger partial charge >= 0.3 is 6.16 Å². The normalized spacial score (nSPS) is 11.6. The maximum Gasteiger partial charge on any atom is 0.533 e. The van der Waals surface area contributed by atoms with Crippen LogP contribution in [-0.2, 0) is 15.5 Å². The van der Waals surface area contributed by atoms with Gasteiger partial charge in [-0.2, -0.15) is 5.48 Å². The number of nitrogens with one attached hydrogen (secondary N) is 2. The number of hydrogen-bond acceptors (Lipinski definition) is 5. The molecular weight excluding hydrogens is 401 g/mol. The van der Waals surface area contributed by atoms with Crippen molar-refractivity contribution >= 4 is 35.3 Å². The summed E-state index contributed by atoms with van der Waals surface area (Å²) in [6, 6.07) is 11.8. The number of halogens is 2. The van der Waals surface area contributed by atoms with Crippen molar-refractivity contribution in [2.24, 2.45) is 4.99 Å². The van der Waals surface area contributed by atoms with Crippen LogP contribution in [0.3, 0.4) is 0 Å². The van der Waals surface area contributed by atoms with Gasteiger partial charge in [0.1, 0.15) is 11.4 Å². The quantitative estimate of drug-likeness (QED) is 0.251. The Labute approximate surface area is 172 Å². The lowest BCUT2D eigenvalue weighted by atomic mass is 10.1. The van der Waals surface area contributed by atoms with Crippen molar-refractivity contribution < 1.29 is 23.6 Å². The first kappa shape index (κ1) is 22.2. The van der Waals surface area contributed by atoms with Gasteiger partial charge in [0.15, 0.2) is 0 Å². The van der Waals surface area contributed by atoms with Crippen LogP contribution in [-0.4, -0.2) is 23.6 Å². The third kappa shape index (κ3) is 7.79. The number of carbonyl (C=O) groups excluding carboxylic acids is 2. The highest BCUT2D eigenvalue weighted by Gasteiger charge is 2.19. The molecule has 0 unspecified atom stereocenters. The Morgan fingerprint density at radius 1 is 1.07 bits per heavy atom. The van der Waals surface area contributed by atoms with Gasteiger partial charge in [-0.15, -0.1) is 11.6 Å². The predicted octanol–water partition coefficient (Wildman–Crippen LogP) is 4.44. The fourth-order valence-corrected chi connectivity index (χ4v) is 2.18. The van der Waals surface area contributed by atoms with Crippen molar-refractivity contribution in [3.63, 3.8) is 0 Å². The largest absolute Gasteiger partial charge is 0.533 e. The first-order valence-electron chi connectivity index (χ1n) is 8.62. The lowest BCUT2D eigenvalue weighted by molar-refractivity contribution is -0.0204. The van der Waals surface area contributed by atoms with Gasteiger partial charge in [0, 0.05) is 11.4 Å². The third-order valence-corrected chi connectivity index (χ3v) is 3.60. The minimum Gasteiger partial charge on any atom is -0.427 e. The van der Waals surface area contributed by atoms with E-state index in [0.29, 0.717) is 17.1 Å². The van der Waals surface area contributed by atoms with E-state index in [1.807, 2.05) is 0 Å². The monoisotopic (exact) mass is 421 g/mol. The molecule has 2 N–H and O–H groups in total. The van der Waals surface area contributed by atoms with Crippen molar-refractivity contribution in [3.8, 4) is 0 Å². The van der Waals surface area contributed by atoms with Crippen molar-refractivity contribution in [1.82, 2.24) is 10.8 Å². The Morgan fingerprint density at radius 2 is 1.69 bits per heavy atom. The molecule has 0 saturated heterocycles. The Hall–Kier alpha value is -3.13. The van der Waals surface area contributed by atoms with Gasteiger partial charge in [-0.25, -0.2) is 14.2 Å². The fourth-order valence-electron chi connectivity index (χ4n) is 2.01. The van der Waals surface area contributed by atoms with E-state index in [1.165, 1.54) is 24.3 Å². The van der Waals surface area contributed by atoms with Crippen LogP contribution < -0.4 is 10.8 Å². The number of alkyl halides is 1. The average molecular weight is 422 g/mol. The summed E-state index contributed by atoms with van der Waals surface area (Å²) in [5.41, 5.74) is 3.01. The molecule has 0 aliphatic carbocycles. The van der Waals surface area contributed by atoms with Crippen LogP contribution in [0.25, 0.3) is 0 Å². The molecule has 0 heterocycles. The van der Waals surface area contributed by atoms with Crippen LogP contribution in [0.4, 0.5) is 14.9 Å². The van der Waals surface area contributed by atoms with Crippen molar-refractivity contribution in [2.75, 3.05) is 0 Å². The summed E-state index contributed by atoms with van der Waals surface area (Å²) in [7, 11) is 0. The predicted molar refractivity (Wildman–Crippen MR) is 107 cm³/mol. The van der Waals surface area contributed by atoms with Crippen molar-refractivity contribution in [2.45, 2.75) is 32.3 Å². The number of nitrogens with zero attached hydrogens (tertiary/aromatic N) is 1. The molecule has 154 valence electrons. The molecule has 0 aromatic heterocycles. The summed E-state index contributed by atoms with van der Waals surface area (Å²) < 4.78 is 18.1. The molecule has 7 nitrogen and oxygen atoms in total. The second-order valence-corrected chi connectivity index (χ2v) is 7.16. The van der Waals surface area contributed by atoms with Crippen LogP contribution in [0.2, 0.25) is 0 Å². The Kier molecular flexibility index (Phi) is 7.55. The lowest BCUT2D eigenvalue weighted by Crippen LogP contribution is -2.42. The number of amides is 1. The molecule has 9 heteroatoms. The number of aliphatic imine (C=N–C) groups is 1. The van der Waals surface area contributed by atoms with Gasteiger partial charge in [-0.3, -0.25) is 10.1 Å². The van der Waals surface area contributed by atoms with Crippen LogP contribution >= 0.6 is 11.6 Å². The Bertz CT molecular complexity index is 878. The highest BCUT2D eigenvalue weighted by atomic mass is 35.5. The van der Waals surface area contributed by atoms with Crippen molar-refractivity contribution in [3.05, 3.63) is 65.5 Å². The number of ether oxygens (including phenoxy) is 1. The highest BCUT2D eigenvalue weighted by Crippen LogP contribution is 2.13. The molecule has 2 rings (SSSR count). The number of hydroxylamine groups is 1. The Morgan fingerprint density at radius 3 is 2.24 bits per heavy atom. The smallest absolute Gasteiger partial charge is 0.427 e. The lowest BCUT2D eigenvalue weighted by Gasteiger charge is -2.19. The van der Waals surface area contributed by atoms with Gasteiger partial charge in [-0.05, 0) is 62.7 Å². The minimum atomic E-state index is -1.01. The number of rotatable bonds is 3. The summed E-state index contributed by atoms with van der Waals surface area (Å²) in [5, 5.41) is 2.49. The zero-order valence-corrected chi connectivity index (χ0v) is 16.9. The van der Waals surface area contributed by atoms with Gasteiger partial charge in [0.2, 0.25) is 5.96 Å². The standard InChI is InChI=1S/C20H21ClFN3O4/c1-20(2,3)28-19(27)29-25-18(23-16-10-8-15(22)9-11-16)24-17(26)14-6-4-13(12-21)5-7-14/h4-11H,12H2,1-3H3,(H2,23,24,25,26). The molecule has 1 amide bonds. The summed E-state index contributed by atoms with van der Waals surface area (Å²) in [5.74, 6) is -0.808. The molecule has 0 radical (unpaired) electrons. The minimum absolute atomic E-state index is 0.186. The molecule has 29 heavy (non-hydrogen) atoms. The summed E-state index contributed by atoms with van der Waals surface area (Å²) in [6.45, 7) is 5.02. The molecule has 0 saturated carbocycles. The fraction of sp³-hybridized carbons (Fsp3) is 0.250. The SMILES string of the molecule is CC(C)(C)OC(=O)ONC(=Nc1ccc(F)cc1)NC(=O)c1ccc(CCl)cc1. The molecule has 0 bridgehead atoms. The first-order valence-corrected chi connectivity index (χ1v) is 9.16. The zero-order chi connectivity index (χ0) is 21.4. The van der Waals surface area contributed by atoms with Gasteiger partial charge in [0.25, 0.3) is 5.91 Å². The molecule has 2 aromatic rings. The molecule has 0 aliphatic rings. The molecule has 0 spiro atoms. The van der Waals surface area contributed by atoms with Crippen LogP contribution in [0.1, 0.15) is 36.7 Å². The average Bonchev–Trinajstić information content (AvgIpc) is 2.66. The van der Waals surface area contributed by atoms with Gasteiger partial charge in [0.05, 0.1) is 5.69 Å². The number of hydrogen-bond donors (Lipinski definition) is 2. The maximum absolute atomic E-state index is 13.1. The molecule has 0 fully saturated rings. The van der Waals surface area contributed by atoms with E-state index in [9.17, 15) is 14.0 Å². The van der Waals surface area contributed by atoms with E-state index in [4.69, 9.17) is 21.2 Å². The van der Waals surface area contributed by atoms with E-state index in [1.54, 1.807) is 45.0 Å². The number of guanidine groups is 1. The number of carbonyl (C=O) groups is 2. The van der Waals surface area contributed by atoms with E-state index in [0.717, 1.165) is 5.56 Å². The number of benzene rings is 2. The van der Waals surface area contributed by atoms with E-state index in [2.05, 4.69) is 15.8 Å². The van der Waals surface area contributed by atoms with Gasteiger partial charge in [-0.1, -0.05) is 12.1 Å². The molecule has 0 aliphatic heterocycles. The van der Waals surface area contributed by atoms with Crippen LogP contribution in [0, 0.1) is 5.82 Å². The van der Waals surface area contributed by atoms with Crippen LogP contribution in [0.15, 0.2) is 53.5 Å². The topological polar surface area (TPSA) is 89.0 Å². The summed E-state index contributed by atoms with van der Waals surface area (Å²) >= 11 is 5.74. The van der Waals surface area contributed by atoms with E-state index in [-0.39, 0.29) is 5.96 Å². The van der Waals surface area contributed by atoms with Crippen LogP contribution in [0.5, 0.6) is 0 Å². The summed E-state index contributed by atoms with van der Waals surface area (Å²) in [6.07, 6.45) is -1.01. The second-order valence-electron chi connectivity index (χ2n) is 6.89. The van der Waals surface area contributed by atoms with Crippen molar-refractivity contribution in [1.29, 1.82) is 0 Å². The highest BCUT2D eigenvalue weighted by molar-refractivity contribution is 6.17. The third-order valence-electron chi connectivity index (χ3n) is 3.29. The summed E-state index contributed by atoms with van der Waals surface area (Å²) in [4.78, 5) is 33.1. The van der Waals surface area contributed by atoms with E-state index >= 15 is 0 Å². The molecule has 2 aromatic carbocycles. The maximum atomic E-state index is 13.1. The molecular formula is C20H21ClFN3O4. The first-order chi connectivity index (χ1) is 13.7. The zero-order valence-electron chi connectivity index (χ0n) is 16.2. The Balaban J connectivity index is 2.15. The molecule has 0 atom stereocenters. The van der Waals surface area contributed by atoms with E-state index < -0.39 is 23.5 Å². The van der Waals surface area contributed by atoms with Gasteiger partial charge < -0.3 is 9.57 Å².